The van der Waals surface area contributed by atoms with Crippen molar-refractivity contribution < 1.29 is 14.3 Å². The van der Waals surface area contributed by atoms with E-state index in [0.717, 1.165) is 0 Å². The molecule has 0 bridgehead atoms. The maximum absolute atomic E-state index is 10.0. The Morgan fingerprint density at radius 1 is 1.50 bits per heavy atom. The summed E-state index contributed by atoms with van der Waals surface area (Å²) in [6.07, 6.45) is 0. The highest BCUT2D eigenvalue weighted by atomic mass is 19.1. The molecule has 0 radical (unpaired) electrons. The molecule has 10 heavy (non-hydrogen) atoms. The predicted molar refractivity (Wildman–Crippen MR) is 37.5 cm³/mol. The van der Waals surface area contributed by atoms with Crippen LogP contribution in [0.2, 0.25) is 0 Å². The molecule has 62 valence electrons. The molecule has 0 aromatic carbocycles. The molecule has 0 fully saturated rings. The van der Waals surface area contributed by atoms with Crippen molar-refractivity contribution in [3.8, 4) is 0 Å². The number of aliphatic carboxylic acids is 1. The van der Waals surface area contributed by atoms with Crippen molar-refractivity contribution in [3.05, 3.63) is 0 Å². The van der Waals surface area contributed by atoms with Crippen molar-refractivity contribution in [2.75, 3.05) is 7.18 Å². The fourth-order valence-electron chi connectivity index (χ4n) is 0.285. The molecule has 1 atom stereocenters. The minimum atomic E-state index is -0.931. The van der Waals surface area contributed by atoms with Crippen LogP contribution < -0.4 is 5.73 Å². The standard InChI is InChI=1S/C5H11NO2.CH3F/c1-3(2)4(6)5(7)8;1-2/h3-4H,6H2,1-2H3,(H,7,8);1H3/t4-;/m0./s1. The first-order chi connectivity index (χ1) is 4.55. The predicted octanol–water partition coefficient (Wildman–Crippen LogP) is 0.640. The van der Waals surface area contributed by atoms with Gasteiger partial charge in [0.25, 0.3) is 0 Å². The zero-order valence-corrected chi connectivity index (χ0v) is 6.47. The lowest BCUT2D eigenvalue weighted by molar-refractivity contribution is -0.139. The third-order valence-corrected chi connectivity index (χ3v) is 1.00. The van der Waals surface area contributed by atoms with Crippen LogP contribution in [-0.4, -0.2) is 24.3 Å². The zero-order chi connectivity index (χ0) is 8.73. The normalized spacial score (nSPS) is 11.8. The molecule has 4 heteroatoms. The van der Waals surface area contributed by atoms with Gasteiger partial charge in [0.15, 0.2) is 0 Å². The number of carboxylic acid groups (broad SMARTS) is 1. The number of alkyl halides is 1. The summed E-state index contributed by atoms with van der Waals surface area (Å²) in [4.78, 5) is 10.0. The van der Waals surface area contributed by atoms with E-state index in [0.29, 0.717) is 7.18 Å². The summed E-state index contributed by atoms with van der Waals surface area (Å²) in [6.45, 7) is 3.55. The van der Waals surface area contributed by atoms with Crippen LogP contribution in [0.4, 0.5) is 4.39 Å². The van der Waals surface area contributed by atoms with E-state index in [2.05, 4.69) is 0 Å². The summed E-state index contributed by atoms with van der Waals surface area (Å²) in [5.41, 5.74) is 5.16. The highest BCUT2D eigenvalue weighted by Crippen LogP contribution is 1.96. The minimum Gasteiger partial charge on any atom is -0.480 e. The average molecular weight is 151 g/mol. The maximum atomic E-state index is 10.0. The van der Waals surface area contributed by atoms with E-state index >= 15 is 0 Å². The number of halogens is 1. The molecular weight excluding hydrogens is 137 g/mol. The second-order valence-corrected chi connectivity index (χ2v) is 2.11. The van der Waals surface area contributed by atoms with Crippen LogP contribution in [-0.2, 0) is 4.79 Å². The van der Waals surface area contributed by atoms with Gasteiger partial charge in [-0.2, -0.15) is 0 Å². The van der Waals surface area contributed by atoms with E-state index in [1.165, 1.54) is 0 Å². The molecule has 0 aromatic rings. The summed E-state index contributed by atoms with van der Waals surface area (Å²) in [6, 6.07) is -0.713. The third kappa shape index (κ3) is 5.50. The van der Waals surface area contributed by atoms with E-state index in [1.807, 2.05) is 0 Å². The fourth-order valence-corrected chi connectivity index (χ4v) is 0.285. The lowest BCUT2D eigenvalue weighted by atomic mass is 10.1. The lowest BCUT2D eigenvalue weighted by Crippen LogP contribution is -2.34. The van der Waals surface area contributed by atoms with E-state index < -0.39 is 12.0 Å². The topological polar surface area (TPSA) is 63.3 Å². The van der Waals surface area contributed by atoms with Crippen LogP contribution in [0, 0.1) is 5.92 Å². The number of nitrogens with two attached hydrogens (primary N) is 1. The van der Waals surface area contributed by atoms with E-state index in [9.17, 15) is 9.18 Å². The summed E-state index contributed by atoms with van der Waals surface area (Å²) in [7, 11) is 0.500. The number of hydrogen-bond donors (Lipinski definition) is 2. The molecule has 0 unspecified atom stereocenters. The molecule has 3 nitrogen and oxygen atoms in total. The number of carboxylic acids is 1. The number of rotatable bonds is 2. The first kappa shape index (κ1) is 12.1. The van der Waals surface area contributed by atoms with Gasteiger partial charge in [-0.15, -0.1) is 0 Å². The second kappa shape index (κ2) is 6.48. The fraction of sp³-hybridized carbons (Fsp3) is 0.833. The molecule has 3 N–H and O–H groups in total. The Bertz CT molecular complexity index is 95.7. The zero-order valence-electron chi connectivity index (χ0n) is 6.47. The van der Waals surface area contributed by atoms with Crippen molar-refractivity contribution in [2.24, 2.45) is 11.7 Å². The molecule has 0 aromatic heterocycles. The minimum absolute atomic E-state index is 0.0208. The summed E-state index contributed by atoms with van der Waals surface area (Å²) in [5.74, 6) is -0.910. The summed E-state index contributed by atoms with van der Waals surface area (Å²) in [5, 5.41) is 8.23. The Morgan fingerprint density at radius 2 is 1.80 bits per heavy atom. The van der Waals surface area contributed by atoms with Gasteiger partial charge >= 0.3 is 5.97 Å². The molecule has 0 saturated heterocycles. The summed E-state index contributed by atoms with van der Waals surface area (Å²) >= 11 is 0. The second-order valence-electron chi connectivity index (χ2n) is 2.11. The molecule has 0 aliphatic rings. The molecule has 0 aliphatic carbocycles. The highest BCUT2D eigenvalue weighted by Gasteiger charge is 2.14. The summed E-state index contributed by atoms with van der Waals surface area (Å²) < 4.78 is 9.50. The van der Waals surface area contributed by atoms with Gasteiger partial charge in [0.1, 0.15) is 6.04 Å². The Kier molecular flexibility index (Phi) is 7.82. The number of carbonyl (C=O) groups is 1. The molecule has 0 spiro atoms. The van der Waals surface area contributed by atoms with Gasteiger partial charge in [-0.3, -0.25) is 9.18 Å². The van der Waals surface area contributed by atoms with Crippen molar-refractivity contribution in [1.82, 2.24) is 0 Å². The quantitative estimate of drug-likeness (QED) is 0.608. The molecule has 0 heterocycles. The van der Waals surface area contributed by atoms with E-state index in [4.69, 9.17) is 10.8 Å². The van der Waals surface area contributed by atoms with Crippen LogP contribution in [0.3, 0.4) is 0 Å². The van der Waals surface area contributed by atoms with Crippen LogP contribution in [0.5, 0.6) is 0 Å². The van der Waals surface area contributed by atoms with Crippen LogP contribution in [0.25, 0.3) is 0 Å². The van der Waals surface area contributed by atoms with Gasteiger partial charge in [0.2, 0.25) is 0 Å². The van der Waals surface area contributed by atoms with Gasteiger partial charge in [-0.05, 0) is 5.92 Å². The third-order valence-electron chi connectivity index (χ3n) is 1.00. The van der Waals surface area contributed by atoms with Crippen molar-refractivity contribution >= 4 is 5.97 Å². The van der Waals surface area contributed by atoms with Crippen molar-refractivity contribution in [3.63, 3.8) is 0 Å². The molecule has 0 rings (SSSR count). The van der Waals surface area contributed by atoms with Crippen LogP contribution in [0.15, 0.2) is 0 Å². The molecule has 0 aliphatic heterocycles. The van der Waals surface area contributed by atoms with Crippen molar-refractivity contribution in [2.45, 2.75) is 19.9 Å². The molecular formula is C6H14FNO2. The SMILES string of the molecule is CC(C)[C@H](N)C(=O)O.CF. The lowest BCUT2D eigenvalue weighted by Gasteiger charge is -2.07. The van der Waals surface area contributed by atoms with E-state index in [-0.39, 0.29) is 5.92 Å². The maximum Gasteiger partial charge on any atom is 0.320 e. The van der Waals surface area contributed by atoms with Gasteiger partial charge < -0.3 is 10.8 Å². The van der Waals surface area contributed by atoms with E-state index in [1.54, 1.807) is 13.8 Å². The first-order valence-electron chi connectivity index (χ1n) is 2.92. The van der Waals surface area contributed by atoms with Gasteiger partial charge in [-0.25, -0.2) is 0 Å². The Balaban J connectivity index is 0. The van der Waals surface area contributed by atoms with Crippen LogP contribution >= 0.6 is 0 Å². The van der Waals surface area contributed by atoms with Crippen LogP contribution in [0.1, 0.15) is 13.8 Å². The monoisotopic (exact) mass is 151 g/mol. The molecule has 0 amide bonds. The van der Waals surface area contributed by atoms with Gasteiger partial charge in [0.05, 0.1) is 7.18 Å². The Labute approximate surface area is 60.0 Å². The Morgan fingerprint density at radius 3 is 1.80 bits per heavy atom. The smallest absolute Gasteiger partial charge is 0.320 e. The Hall–Kier alpha value is -0.640. The number of hydrogen-bond acceptors (Lipinski definition) is 2. The van der Waals surface area contributed by atoms with Crippen molar-refractivity contribution in [1.29, 1.82) is 0 Å². The highest BCUT2D eigenvalue weighted by molar-refractivity contribution is 5.73. The van der Waals surface area contributed by atoms with Gasteiger partial charge in [0, 0.05) is 0 Å². The average Bonchev–Trinajstić information content (AvgIpc) is 1.90. The molecule has 0 saturated carbocycles. The largest absolute Gasteiger partial charge is 0.480 e. The first-order valence-corrected chi connectivity index (χ1v) is 2.92. The van der Waals surface area contributed by atoms with Gasteiger partial charge in [-0.1, -0.05) is 13.8 Å².